The lowest BCUT2D eigenvalue weighted by molar-refractivity contribution is 0.0998. The molecule has 3 rings (SSSR count). The Morgan fingerprint density at radius 1 is 1.13 bits per heavy atom. The molecule has 3 N–H and O–H groups in total. The number of nitrogens with one attached hydrogen (secondary N) is 1. The molecule has 0 radical (unpaired) electrons. The first kappa shape index (κ1) is 16.5. The van der Waals surface area contributed by atoms with Crippen LogP contribution in [0.5, 0.6) is 0 Å². The number of hydrogen-bond donors (Lipinski definition) is 2. The molecule has 0 bridgehead atoms. The van der Waals surface area contributed by atoms with E-state index in [4.69, 9.17) is 5.73 Å². The van der Waals surface area contributed by atoms with E-state index in [2.05, 4.69) is 52.2 Å². The maximum atomic E-state index is 12.0. The lowest BCUT2D eigenvalue weighted by Crippen LogP contribution is -2.29. The molecule has 2 aromatic rings. The molecule has 0 aromatic heterocycles. The van der Waals surface area contributed by atoms with Gasteiger partial charge in [0.2, 0.25) is 5.91 Å². The predicted molar refractivity (Wildman–Crippen MR) is 102 cm³/mol. The second-order valence-electron chi connectivity index (χ2n) is 6.04. The zero-order valence-electron chi connectivity index (χ0n) is 13.0. The summed E-state index contributed by atoms with van der Waals surface area (Å²) in [5, 5.41) is 3.40. The van der Waals surface area contributed by atoms with Crippen molar-refractivity contribution in [3.63, 3.8) is 0 Å². The van der Waals surface area contributed by atoms with Crippen molar-refractivity contribution < 1.29 is 4.79 Å². The number of rotatable bonds is 4. The van der Waals surface area contributed by atoms with Crippen molar-refractivity contribution in [3.8, 4) is 0 Å². The molecule has 3 nitrogen and oxygen atoms in total. The Hall–Kier alpha value is -1.40. The SMILES string of the molecule is NC(=O)c1ccc(I)c(Cc2ccccc2)c1C1CCNCC1. The molecule has 23 heavy (non-hydrogen) atoms. The van der Waals surface area contributed by atoms with Crippen molar-refractivity contribution >= 4 is 28.5 Å². The molecular formula is C19H21IN2O. The van der Waals surface area contributed by atoms with E-state index in [-0.39, 0.29) is 5.91 Å². The minimum atomic E-state index is -0.316. The van der Waals surface area contributed by atoms with Gasteiger partial charge < -0.3 is 11.1 Å². The van der Waals surface area contributed by atoms with Gasteiger partial charge in [0.15, 0.2) is 0 Å². The summed E-state index contributed by atoms with van der Waals surface area (Å²) in [7, 11) is 0. The van der Waals surface area contributed by atoms with Crippen LogP contribution in [0.4, 0.5) is 0 Å². The Labute approximate surface area is 150 Å². The van der Waals surface area contributed by atoms with E-state index in [1.54, 1.807) is 0 Å². The summed E-state index contributed by atoms with van der Waals surface area (Å²) in [6.45, 7) is 2.00. The Kier molecular flexibility index (Phi) is 5.33. The lowest BCUT2D eigenvalue weighted by Gasteiger charge is -2.27. The van der Waals surface area contributed by atoms with Crippen LogP contribution in [-0.2, 0) is 6.42 Å². The highest BCUT2D eigenvalue weighted by Gasteiger charge is 2.24. The van der Waals surface area contributed by atoms with Crippen molar-refractivity contribution in [3.05, 3.63) is 68.3 Å². The van der Waals surface area contributed by atoms with Gasteiger partial charge in [0.1, 0.15) is 0 Å². The molecule has 2 aromatic carbocycles. The van der Waals surface area contributed by atoms with E-state index < -0.39 is 0 Å². The summed E-state index contributed by atoms with van der Waals surface area (Å²) in [5.41, 5.74) is 10.1. The second-order valence-corrected chi connectivity index (χ2v) is 7.20. The van der Waals surface area contributed by atoms with Crippen LogP contribution in [0.25, 0.3) is 0 Å². The third-order valence-electron chi connectivity index (χ3n) is 4.54. The van der Waals surface area contributed by atoms with Crippen molar-refractivity contribution in [1.82, 2.24) is 5.32 Å². The van der Waals surface area contributed by atoms with Crippen LogP contribution in [0, 0.1) is 3.57 Å². The van der Waals surface area contributed by atoms with Gasteiger partial charge in [-0.05, 0) is 89.7 Å². The Morgan fingerprint density at radius 3 is 2.48 bits per heavy atom. The fourth-order valence-electron chi connectivity index (χ4n) is 3.41. The third-order valence-corrected chi connectivity index (χ3v) is 5.55. The normalized spacial score (nSPS) is 15.5. The number of nitrogens with two attached hydrogens (primary N) is 1. The summed E-state index contributed by atoms with van der Waals surface area (Å²) in [6.07, 6.45) is 2.96. The van der Waals surface area contributed by atoms with E-state index >= 15 is 0 Å². The zero-order chi connectivity index (χ0) is 16.2. The molecule has 0 atom stereocenters. The molecular weight excluding hydrogens is 399 g/mol. The van der Waals surface area contributed by atoms with Crippen molar-refractivity contribution in [1.29, 1.82) is 0 Å². The standard InChI is InChI=1S/C19H21IN2O/c20-17-7-6-15(19(21)23)18(14-8-10-22-11-9-14)16(17)12-13-4-2-1-3-5-13/h1-7,14,22H,8-12H2,(H2,21,23). The monoisotopic (exact) mass is 420 g/mol. The minimum absolute atomic E-state index is 0.316. The van der Waals surface area contributed by atoms with Crippen LogP contribution < -0.4 is 11.1 Å². The lowest BCUT2D eigenvalue weighted by atomic mass is 9.82. The van der Waals surface area contributed by atoms with E-state index in [0.29, 0.717) is 11.5 Å². The molecule has 120 valence electrons. The number of carbonyl (C=O) groups excluding carboxylic acids is 1. The Bertz CT molecular complexity index is 694. The fourth-order valence-corrected chi connectivity index (χ4v) is 4.07. The summed E-state index contributed by atoms with van der Waals surface area (Å²) in [5.74, 6) is 0.0939. The largest absolute Gasteiger partial charge is 0.366 e. The van der Waals surface area contributed by atoms with E-state index in [1.165, 1.54) is 20.3 Å². The van der Waals surface area contributed by atoms with Gasteiger partial charge in [-0.25, -0.2) is 0 Å². The molecule has 0 spiro atoms. The number of carbonyl (C=O) groups is 1. The average Bonchev–Trinajstić information content (AvgIpc) is 2.58. The fraction of sp³-hybridized carbons (Fsp3) is 0.316. The van der Waals surface area contributed by atoms with Crippen LogP contribution in [0.2, 0.25) is 0 Å². The van der Waals surface area contributed by atoms with Crippen LogP contribution in [0.1, 0.15) is 45.8 Å². The van der Waals surface area contributed by atoms with Gasteiger partial charge in [-0.2, -0.15) is 0 Å². The first-order valence-electron chi connectivity index (χ1n) is 8.02. The number of amides is 1. The maximum Gasteiger partial charge on any atom is 0.248 e. The molecule has 1 aliphatic heterocycles. The predicted octanol–water partition coefficient (Wildman–Crippen LogP) is 3.45. The summed E-state index contributed by atoms with van der Waals surface area (Å²) >= 11 is 2.38. The molecule has 1 saturated heterocycles. The van der Waals surface area contributed by atoms with Gasteiger partial charge >= 0.3 is 0 Å². The molecule has 0 aliphatic carbocycles. The molecule has 4 heteroatoms. The van der Waals surface area contributed by atoms with Crippen molar-refractivity contribution in [2.24, 2.45) is 5.73 Å². The number of piperidine rings is 1. The smallest absolute Gasteiger partial charge is 0.248 e. The van der Waals surface area contributed by atoms with E-state index in [0.717, 1.165) is 32.4 Å². The van der Waals surface area contributed by atoms with Gasteiger partial charge in [0.05, 0.1) is 0 Å². The number of benzene rings is 2. The summed E-state index contributed by atoms with van der Waals surface area (Å²) in [6, 6.07) is 14.3. The number of hydrogen-bond acceptors (Lipinski definition) is 2. The molecule has 1 amide bonds. The van der Waals surface area contributed by atoms with Crippen LogP contribution in [-0.4, -0.2) is 19.0 Å². The topological polar surface area (TPSA) is 55.1 Å². The van der Waals surface area contributed by atoms with Crippen molar-refractivity contribution in [2.75, 3.05) is 13.1 Å². The average molecular weight is 420 g/mol. The highest BCUT2D eigenvalue weighted by atomic mass is 127. The van der Waals surface area contributed by atoms with E-state index in [1.807, 2.05) is 18.2 Å². The third kappa shape index (κ3) is 3.75. The molecule has 1 fully saturated rings. The number of halogens is 1. The van der Waals surface area contributed by atoms with Crippen LogP contribution in [0.3, 0.4) is 0 Å². The molecule has 1 heterocycles. The van der Waals surface area contributed by atoms with Gasteiger partial charge in [0, 0.05) is 9.13 Å². The van der Waals surface area contributed by atoms with Gasteiger partial charge in [-0.15, -0.1) is 0 Å². The molecule has 0 unspecified atom stereocenters. The van der Waals surface area contributed by atoms with Gasteiger partial charge in [0.25, 0.3) is 0 Å². The second kappa shape index (κ2) is 7.45. The quantitative estimate of drug-likeness (QED) is 0.745. The number of primary amides is 1. The first-order chi connectivity index (χ1) is 11.2. The highest BCUT2D eigenvalue weighted by molar-refractivity contribution is 14.1. The summed E-state index contributed by atoms with van der Waals surface area (Å²) < 4.78 is 1.21. The van der Waals surface area contributed by atoms with Crippen LogP contribution in [0.15, 0.2) is 42.5 Å². The summed E-state index contributed by atoms with van der Waals surface area (Å²) in [4.78, 5) is 12.0. The van der Waals surface area contributed by atoms with Gasteiger partial charge in [-0.1, -0.05) is 30.3 Å². The highest BCUT2D eigenvalue weighted by Crippen LogP contribution is 2.34. The molecule has 1 aliphatic rings. The maximum absolute atomic E-state index is 12.0. The Balaban J connectivity index is 2.08. The van der Waals surface area contributed by atoms with Crippen LogP contribution >= 0.6 is 22.6 Å². The van der Waals surface area contributed by atoms with Gasteiger partial charge in [-0.3, -0.25) is 4.79 Å². The Morgan fingerprint density at radius 2 is 1.83 bits per heavy atom. The zero-order valence-corrected chi connectivity index (χ0v) is 15.2. The van der Waals surface area contributed by atoms with E-state index in [9.17, 15) is 4.79 Å². The van der Waals surface area contributed by atoms with Crippen molar-refractivity contribution in [2.45, 2.75) is 25.2 Å². The molecule has 0 saturated carbocycles. The first-order valence-corrected chi connectivity index (χ1v) is 9.10. The minimum Gasteiger partial charge on any atom is -0.366 e.